The van der Waals surface area contributed by atoms with E-state index in [1.807, 2.05) is 0 Å². The molecule has 5 heteroatoms. The molecule has 114 valence electrons. The minimum Gasteiger partial charge on any atom is -0.395 e. The molecule has 0 aliphatic heterocycles. The van der Waals surface area contributed by atoms with E-state index >= 15 is 0 Å². The maximum atomic E-state index is 13.1. The van der Waals surface area contributed by atoms with Gasteiger partial charge in [0.2, 0.25) is 0 Å². The van der Waals surface area contributed by atoms with Crippen molar-refractivity contribution < 1.29 is 9.50 Å². The van der Waals surface area contributed by atoms with Gasteiger partial charge >= 0.3 is 0 Å². The Morgan fingerprint density at radius 3 is 2.76 bits per heavy atom. The van der Waals surface area contributed by atoms with Crippen LogP contribution in [-0.4, -0.2) is 22.7 Å². The summed E-state index contributed by atoms with van der Waals surface area (Å²) < 4.78 is 13.1. The van der Waals surface area contributed by atoms with Gasteiger partial charge in [0.15, 0.2) is 5.43 Å². The summed E-state index contributed by atoms with van der Waals surface area (Å²) in [5.74, 6) is 0.0597. The Morgan fingerprint density at radius 2 is 2.10 bits per heavy atom. The third kappa shape index (κ3) is 4.12. The fraction of sp³-hybridized carbons (Fsp3) is 0.438. The van der Waals surface area contributed by atoms with E-state index in [-0.39, 0.29) is 18.1 Å². The van der Waals surface area contributed by atoms with Crippen molar-refractivity contribution in [3.8, 4) is 0 Å². The molecule has 2 aromatic rings. The number of aromatic nitrogens is 1. The molecule has 0 radical (unpaired) electrons. The molecule has 0 saturated heterocycles. The van der Waals surface area contributed by atoms with Gasteiger partial charge in [-0.25, -0.2) is 4.39 Å². The first-order chi connectivity index (χ1) is 9.99. The minimum atomic E-state index is -0.420. The molecule has 1 atom stereocenters. The fourth-order valence-electron chi connectivity index (χ4n) is 2.42. The minimum absolute atomic E-state index is 0.00239. The number of hydrogen-bond donors (Lipinski definition) is 3. The lowest BCUT2D eigenvalue weighted by molar-refractivity contribution is 0.223. The number of nitrogens with one attached hydrogen (secondary N) is 2. The van der Waals surface area contributed by atoms with E-state index in [9.17, 15) is 14.3 Å². The molecule has 2 rings (SSSR count). The molecular weight excluding hydrogens is 271 g/mol. The Labute approximate surface area is 123 Å². The van der Waals surface area contributed by atoms with Gasteiger partial charge in [0.05, 0.1) is 6.61 Å². The number of fused-ring (bicyclic) bond motifs is 1. The number of aliphatic hydroxyl groups excluding tert-OH is 1. The number of rotatable bonds is 6. The molecule has 0 amide bonds. The highest BCUT2D eigenvalue weighted by Gasteiger charge is 2.10. The van der Waals surface area contributed by atoms with Crippen molar-refractivity contribution in [1.29, 1.82) is 0 Å². The molecule has 4 nitrogen and oxygen atoms in total. The highest BCUT2D eigenvalue weighted by Crippen LogP contribution is 2.11. The largest absolute Gasteiger partial charge is 0.395 e. The normalized spacial score (nSPS) is 13.0. The maximum Gasteiger partial charge on any atom is 0.189 e. The van der Waals surface area contributed by atoms with Crippen LogP contribution in [0.2, 0.25) is 0 Å². The van der Waals surface area contributed by atoms with Crippen molar-refractivity contribution in [3.63, 3.8) is 0 Å². The fourth-order valence-corrected chi connectivity index (χ4v) is 2.42. The predicted molar refractivity (Wildman–Crippen MR) is 81.7 cm³/mol. The van der Waals surface area contributed by atoms with Crippen molar-refractivity contribution >= 4 is 10.9 Å². The number of aromatic amines is 1. The van der Waals surface area contributed by atoms with E-state index in [4.69, 9.17) is 0 Å². The van der Waals surface area contributed by atoms with Crippen LogP contribution in [0.1, 0.15) is 26.0 Å². The first-order valence-electron chi connectivity index (χ1n) is 7.15. The first-order valence-corrected chi connectivity index (χ1v) is 7.15. The SMILES string of the molecule is CC(C)C[C@@H](CO)NCc1cc(=O)c2cc(F)ccc2[nH]1. The van der Waals surface area contributed by atoms with E-state index in [0.29, 0.717) is 23.4 Å². The number of halogens is 1. The molecule has 0 bridgehead atoms. The van der Waals surface area contributed by atoms with E-state index < -0.39 is 5.82 Å². The Kier molecular flexibility index (Phi) is 5.09. The summed E-state index contributed by atoms with van der Waals surface area (Å²) in [5, 5.41) is 12.9. The summed E-state index contributed by atoms with van der Waals surface area (Å²) >= 11 is 0. The summed E-state index contributed by atoms with van der Waals surface area (Å²) in [6.45, 7) is 4.70. The first kappa shape index (κ1) is 15.7. The van der Waals surface area contributed by atoms with Crippen LogP contribution in [0.4, 0.5) is 4.39 Å². The molecule has 21 heavy (non-hydrogen) atoms. The highest BCUT2D eigenvalue weighted by atomic mass is 19.1. The Hall–Kier alpha value is -1.72. The van der Waals surface area contributed by atoms with E-state index in [1.165, 1.54) is 18.2 Å². The molecular formula is C16H21FN2O2. The van der Waals surface area contributed by atoms with Gasteiger partial charge < -0.3 is 15.4 Å². The van der Waals surface area contributed by atoms with Gasteiger partial charge in [-0.05, 0) is 30.5 Å². The van der Waals surface area contributed by atoms with E-state index in [0.717, 1.165) is 12.1 Å². The van der Waals surface area contributed by atoms with Gasteiger partial charge in [-0.3, -0.25) is 4.79 Å². The van der Waals surface area contributed by atoms with Crippen molar-refractivity contribution in [2.45, 2.75) is 32.9 Å². The molecule has 1 heterocycles. The zero-order chi connectivity index (χ0) is 15.4. The second kappa shape index (κ2) is 6.83. The Balaban J connectivity index is 2.16. The molecule has 3 N–H and O–H groups in total. The topological polar surface area (TPSA) is 65.1 Å². The standard InChI is InChI=1S/C16H21FN2O2/c1-10(2)5-13(9-20)18-8-12-7-16(21)14-6-11(17)3-4-15(14)19-12/h3-4,6-7,10,13,18,20H,5,8-9H2,1-2H3,(H,19,21)/t13-/m0/s1. The monoisotopic (exact) mass is 292 g/mol. The third-order valence-corrected chi connectivity index (χ3v) is 3.41. The quantitative estimate of drug-likeness (QED) is 0.764. The molecule has 0 aliphatic rings. The summed E-state index contributed by atoms with van der Waals surface area (Å²) in [6, 6.07) is 5.59. The van der Waals surface area contributed by atoms with Crippen LogP contribution in [0.25, 0.3) is 10.9 Å². The summed E-state index contributed by atoms with van der Waals surface area (Å²) in [6.07, 6.45) is 0.861. The number of hydrogen-bond acceptors (Lipinski definition) is 3. The van der Waals surface area contributed by atoms with Crippen molar-refractivity contribution in [2.75, 3.05) is 6.61 Å². The summed E-state index contributed by atoms with van der Waals surface area (Å²) in [4.78, 5) is 15.1. The summed E-state index contributed by atoms with van der Waals surface area (Å²) in [7, 11) is 0. The maximum absolute atomic E-state index is 13.1. The van der Waals surface area contributed by atoms with Crippen LogP contribution in [0.5, 0.6) is 0 Å². The van der Waals surface area contributed by atoms with Gasteiger partial charge in [0.1, 0.15) is 5.82 Å². The average molecular weight is 292 g/mol. The van der Waals surface area contributed by atoms with Crippen LogP contribution in [0.15, 0.2) is 29.1 Å². The zero-order valence-corrected chi connectivity index (χ0v) is 12.3. The molecule has 0 spiro atoms. The van der Waals surface area contributed by atoms with E-state index in [2.05, 4.69) is 24.1 Å². The second-order valence-electron chi connectivity index (χ2n) is 5.74. The third-order valence-electron chi connectivity index (χ3n) is 3.41. The Morgan fingerprint density at radius 1 is 1.33 bits per heavy atom. The van der Waals surface area contributed by atoms with Crippen LogP contribution in [0.3, 0.4) is 0 Å². The van der Waals surface area contributed by atoms with Gasteiger partial charge in [-0.1, -0.05) is 13.8 Å². The lowest BCUT2D eigenvalue weighted by atomic mass is 10.0. The Bertz CT molecular complexity index is 667. The van der Waals surface area contributed by atoms with Gasteiger partial charge in [-0.2, -0.15) is 0 Å². The molecule has 0 saturated carbocycles. The van der Waals surface area contributed by atoms with Crippen LogP contribution < -0.4 is 10.7 Å². The predicted octanol–water partition coefficient (Wildman–Crippen LogP) is 2.16. The number of H-pyrrole nitrogens is 1. The molecule has 0 unspecified atom stereocenters. The number of aliphatic hydroxyl groups is 1. The second-order valence-corrected chi connectivity index (χ2v) is 5.74. The highest BCUT2D eigenvalue weighted by molar-refractivity contribution is 5.78. The number of benzene rings is 1. The van der Waals surface area contributed by atoms with Crippen molar-refractivity contribution in [3.05, 3.63) is 46.0 Å². The molecule has 1 aromatic heterocycles. The van der Waals surface area contributed by atoms with Crippen LogP contribution in [0, 0.1) is 11.7 Å². The van der Waals surface area contributed by atoms with Gasteiger partial charge in [-0.15, -0.1) is 0 Å². The van der Waals surface area contributed by atoms with Crippen molar-refractivity contribution in [1.82, 2.24) is 10.3 Å². The van der Waals surface area contributed by atoms with Gasteiger partial charge in [0.25, 0.3) is 0 Å². The molecule has 0 aliphatic carbocycles. The average Bonchev–Trinajstić information content (AvgIpc) is 2.44. The summed E-state index contributed by atoms with van der Waals surface area (Å²) in [5.41, 5.74) is 1.14. The van der Waals surface area contributed by atoms with E-state index in [1.54, 1.807) is 6.07 Å². The lowest BCUT2D eigenvalue weighted by Gasteiger charge is -2.18. The van der Waals surface area contributed by atoms with Gasteiger partial charge in [0, 0.05) is 35.2 Å². The smallest absolute Gasteiger partial charge is 0.189 e. The van der Waals surface area contributed by atoms with Crippen LogP contribution in [-0.2, 0) is 6.54 Å². The number of pyridine rings is 1. The van der Waals surface area contributed by atoms with Crippen molar-refractivity contribution in [2.24, 2.45) is 5.92 Å². The van der Waals surface area contributed by atoms with Crippen LogP contribution >= 0.6 is 0 Å². The lowest BCUT2D eigenvalue weighted by Crippen LogP contribution is -2.33. The zero-order valence-electron chi connectivity index (χ0n) is 12.3. The molecule has 1 aromatic carbocycles. The molecule has 0 fully saturated rings.